The summed E-state index contributed by atoms with van der Waals surface area (Å²) in [7, 11) is 0. The average molecular weight is 296 g/mol. The molecule has 0 radical (unpaired) electrons. The van der Waals surface area contributed by atoms with E-state index in [1.807, 2.05) is 4.90 Å². The molecule has 0 aromatic rings. The van der Waals surface area contributed by atoms with Gasteiger partial charge in [0.25, 0.3) is 0 Å². The largest absolute Gasteiger partial charge is 0.338 e. The molecule has 1 saturated heterocycles. The minimum atomic E-state index is 0. The third-order valence-electron chi connectivity index (χ3n) is 4.49. The van der Waals surface area contributed by atoms with Gasteiger partial charge in [0.1, 0.15) is 0 Å². The zero-order valence-corrected chi connectivity index (χ0v) is 14.4. The number of carbonyl (C=O) groups excluding carboxylic acids is 1. The summed E-state index contributed by atoms with van der Waals surface area (Å²) in [6, 6.07) is 0. The van der Waals surface area contributed by atoms with Crippen LogP contribution in [0.25, 0.3) is 0 Å². The lowest BCUT2D eigenvalue weighted by Gasteiger charge is -2.31. The zero-order chi connectivity index (χ0) is 15.6. The molecule has 2 aliphatic rings. The van der Waals surface area contributed by atoms with Crippen molar-refractivity contribution in [3.05, 3.63) is 12.2 Å². The molecule has 1 aliphatic carbocycles. The van der Waals surface area contributed by atoms with E-state index in [2.05, 4.69) is 48.1 Å². The summed E-state index contributed by atoms with van der Waals surface area (Å²) in [5.74, 6) is 1.20. The summed E-state index contributed by atoms with van der Waals surface area (Å²) in [6.07, 6.45) is 5.68. The molecule has 1 saturated carbocycles. The lowest BCUT2D eigenvalue weighted by atomic mass is 9.80. The van der Waals surface area contributed by atoms with Crippen LogP contribution in [0.5, 0.6) is 0 Å². The predicted octanol–water partition coefficient (Wildman–Crippen LogP) is 5.43. The average Bonchev–Trinajstić information content (AvgIpc) is 2.85. The summed E-state index contributed by atoms with van der Waals surface area (Å²) in [5, 5.41) is 0. The Labute approximate surface area is 133 Å². The first-order chi connectivity index (χ1) is 9.01. The van der Waals surface area contributed by atoms with Crippen molar-refractivity contribution in [2.45, 2.75) is 86.6 Å². The van der Waals surface area contributed by atoms with Gasteiger partial charge in [0.2, 0.25) is 5.91 Å². The van der Waals surface area contributed by atoms with Gasteiger partial charge in [-0.25, -0.2) is 0 Å². The second-order valence-corrected chi connectivity index (χ2v) is 8.38. The summed E-state index contributed by atoms with van der Waals surface area (Å²) >= 11 is 0. The summed E-state index contributed by atoms with van der Waals surface area (Å²) in [5.41, 5.74) is 1.99. The Morgan fingerprint density at radius 2 is 1.67 bits per heavy atom. The second-order valence-electron chi connectivity index (χ2n) is 8.38. The van der Waals surface area contributed by atoms with Gasteiger partial charge in [-0.15, -0.1) is 0 Å². The van der Waals surface area contributed by atoms with Crippen LogP contribution in [0.1, 0.15) is 81.1 Å². The smallest absolute Gasteiger partial charge is 0.223 e. The van der Waals surface area contributed by atoms with Crippen LogP contribution in [-0.2, 0) is 4.79 Å². The first kappa shape index (κ1) is 20.2. The van der Waals surface area contributed by atoms with Crippen LogP contribution in [0.2, 0.25) is 0 Å². The fourth-order valence-electron chi connectivity index (χ4n) is 3.03. The molecule has 1 heterocycles. The van der Waals surface area contributed by atoms with E-state index in [-0.39, 0.29) is 13.0 Å². The van der Waals surface area contributed by atoms with Gasteiger partial charge in [-0.05, 0) is 57.8 Å². The van der Waals surface area contributed by atoms with Gasteiger partial charge in [0, 0.05) is 18.5 Å². The molecular weight excluding hydrogens is 258 g/mol. The quantitative estimate of drug-likeness (QED) is 0.545. The standard InChI is InChI=1S/C10H18.C8H15NO.CH4/c1-8-5-6-9(7-8)10(2,3)4;1-8(2,3)9-6-4-5-7(9)10;/h9H,1,5-7H2,2-4H3;4-6H2,1-3H3;1H4. The van der Waals surface area contributed by atoms with E-state index < -0.39 is 0 Å². The van der Waals surface area contributed by atoms with Crippen LogP contribution in [0, 0.1) is 11.3 Å². The Hall–Kier alpha value is -0.790. The van der Waals surface area contributed by atoms with Crippen molar-refractivity contribution >= 4 is 5.91 Å². The Morgan fingerprint density at radius 3 is 1.86 bits per heavy atom. The normalized spacial score (nSPS) is 22.8. The molecule has 1 unspecified atom stereocenters. The number of hydrogen-bond acceptors (Lipinski definition) is 1. The van der Waals surface area contributed by atoms with Crippen molar-refractivity contribution in [3.63, 3.8) is 0 Å². The van der Waals surface area contributed by atoms with E-state index in [9.17, 15) is 4.79 Å². The third kappa shape index (κ3) is 6.23. The van der Waals surface area contributed by atoms with Crippen molar-refractivity contribution < 1.29 is 4.79 Å². The van der Waals surface area contributed by atoms with Gasteiger partial charge in [-0.3, -0.25) is 4.79 Å². The first-order valence-electron chi connectivity index (χ1n) is 7.99. The molecule has 0 bridgehead atoms. The van der Waals surface area contributed by atoms with E-state index >= 15 is 0 Å². The van der Waals surface area contributed by atoms with E-state index in [0.717, 1.165) is 25.3 Å². The highest BCUT2D eigenvalue weighted by atomic mass is 16.2. The summed E-state index contributed by atoms with van der Waals surface area (Å²) < 4.78 is 0. The maximum Gasteiger partial charge on any atom is 0.223 e. The van der Waals surface area contributed by atoms with Crippen molar-refractivity contribution in [2.24, 2.45) is 11.3 Å². The fraction of sp³-hybridized carbons (Fsp3) is 0.842. The van der Waals surface area contributed by atoms with E-state index in [1.54, 1.807) is 0 Å². The topological polar surface area (TPSA) is 20.3 Å². The predicted molar refractivity (Wildman–Crippen MR) is 93.4 cm³/mol. The fourth-order valence-corrected chi connectivity index (χ4v) is 3.03. The summed E-state index contributed by atoms with van der Waals surface area (Å²) in [4.78, 5) is 13.1. The minimum absolute atomic E-state index is 0. The molecule has 2 heteroatoms. The zero-order valence-electron chi connectivity index (χ0n) is 14.4. The molecule has 1 atom stereocenters. The SMILES string of the molecule is C.C=C1CCC(C(C)(C)C)C1.CC(C)(C)N1CCCC1=O. The van der Waals surface area contributed by atoms with Gasteiger partial charge in [0.15, 0.2) is 0 Å². The van der Waals surface area contributed by atoms with Gasteiger partial charge in [-0.1, -0.05) is 40.3 Å². The van der Waals surface area contributed by atoms with Crippen LogP contribution in [0.15, 0.2) is 12.2 Å². The van der Waals surface area contributed by atoms with Gasteiger partial charge >= 0.3 is 0 Å². The van der Waals surface area contributed by atoms with E-state index in [4.69, 9.17) is 0 Å². The van der Waals surface area contributed by atoms with Crippen LogP contribution in [-0.4, -0.2) is 22.9 Å². The first-order valence-corrected chi connectivity index (χ1v) is 7.99. The second kappa shape index (κ2) is 7.47. The van der Waals surface area contributed by atoms with Gasteiger partial charge < -0.3 is 4.90 Å². The molecule has 1 aliphatic heterocycles. The highest BCUT2D eigenvalue weighted by Gasteiger charge is 2.30. The maximum atomic E-state index is 11.1. The molecule has 0 aromatic carbocycles. The molecule has 2 rings (SSSR count). The van der Waals surface area contributed by atoms with Crippen LogP contribution >= 0.6 is 0 Å². The molecule has 2 fully saturated rings. The van der Waals surface area contributed by atoms with Gasteiger partial charge in [0.05, 0.1) is 0 Å². The van der Waals surface area contributed by atoms with E-state index in [0.29, 0.717) is 11.3 Å². The van der Waals surface area contributed by atoms with Crippen LogP contribution in [0.4, 0.5) is 0 Å². The molecule has 124 valence electrons. The Bertz CT molecular complexity index is 357. The maximum absolute atomic E-state index is 11.1. The molecule has 0 N–H and O–H groups in total. The molecular formula is C19H37NO. The number of likely N-dealkylation sites (tertiary alicyclic amines) is 1. The monoisotopic (exact) mass is 295 g/mol. The molecule has 1 amide bonds. The Balaban J connectivity index is 0.000000364. The Morgan fingerprint density at radius 1 is 1.10 bits per heavy atom. The summed E-state index contributed by atoms with van der Waals surface area (Å²) in [6.45, 7) is 18.2. The number of nitrogens with zero attached hydrogens (tertiary/aromatic N) is 1. The molecule has 21 heavy (non-hydrogen) atoms. The number of amides is 1. The molecule has 2 nitrogen and oxygen atoms in total. The number of rotatable bonds is 0. The molecule has 0 aromatic heterocycles. The molecule has 0 spiro atoms. The number of carbonyl (C=O) groups is 1. The minimum Gasteiger partial charge on any atom is -0.338 e. The van der Waals surface area contributed by atoms with Crippen molar-refractivity contribution in [3.8, 4) is 0 Å². The van der Waals surface area contributed by atoms with Gasteiger partial charge in [-0.2, -0.15) is 0 Å². The lowest BCUT2D eigenvalue weighted by molar-refractivity contribution is -0.131. The third-order valence-corrected chi connectivity index (χ3v) is 4.49. The lowest BCUT2D eigenvalue weighted by Crippen LogP contribution is -2.41. The highest BCUT2D eigenvalue weighted by Crippen LogP contribution is 2.40. The van der Waals surface area contributed by atoms with Crippen molar-refractivity contribution in [1.82, 2.24) is 4.90 Å². The van der Waals surface area contributed by atoms with Crippen molar-refractivity contribution in [2.75, 3.05) is 6.54 Å². The highest BCUT2D eigenvalue weighted by molar-refractivity contribution is 5.78. The van der Waals surface area contributed by atoms with Crippen molar-refractivity contribution in [1.29, 1.82) is 0 Å². The number of hydrogen-bond donors (Lipinski definition) is 0. The Kier molecular flexibility index (Phi) is 7.19. The number of allylic oxidation sites excluding steroid dienone is 1. The van der Waals surface area contributed by atoms with Crippen LogP contribution < -0.4 is 0 Å². The van der Waals surface area contributed by atoms with E-state index in [1.165, 1.54) is 24.8 Å². The van der Waals surface area contributed by atoms with Crippen LogP contribution in [0.3, 0.4) is 0 Å².